The second-order valence-electron chi connectivity index (χ2n) is 7.46. The molecule has 1 aromatic rings. The zero-order valence-electron chi connectivity index (χ0n) is 13.7. The molecule has 0 heterocycles. The van der Waals surface area contributed by atoms with E-state index in [0.29, 0.717) is 17.5 Å². The summed E-state index contributed by atoms with van der Waals surface area (Å²) in [7, 11) is 1.75. The third-order valence-corrected chi connectivity index (χ3v) is 5.57. The van der Waals surface area contributed by atoms with Gasteiger partial charge in [0, 0.05) is 12.1 Å². The zero-order chi connectivity index (χ0) is 14.9. The van der Waals surface area contributed by atoms with Gasteiger partial charge in [-0.2, -0.15) is 0 Å². The van der Waals surface area contributed by atoms with E-state index in [1.54, 1.807) is 7.11 Å². The maximum absolute atomic E-state index is 5.38. The first-order chi connectivity index (χ1) is 10.1. The molecule has 2 aliphatic carbocycles. The van der Waals surface area contributed by atoms with Crippen molar-refractivity contribution in [1.29, 1.82) is 0 Å². The molecular weight excluding hydrogens is 258 g/mol. The van der Waals surface area contributed by atoms with Crippen LogP contribution < -0.4 is 10.1 Å². The molecule has 2 aliphatic rings. The van der Waals surface area contributed by atoms with Gasteiger partial charge >= 0.3 is 0 Å². The normalized spacial score (nSPS) is 28.0. The Morgan fingerprint density at radius 1 is 1.14 bits per heavy atom. The fourth-order valence-electron chi connectivity index (χ4n) is 4.14. The molecule has 1 N–H and O–H groups in total. The monoisotopic (exact) mass is 287 g/mol. The molecule has 2 unspecified atom stereocenters. The van der Waals surface area contributed by atoms with Crippen LogP contribution in [0, 0.1) is 5.41 Å². The lowest BCUT2D eigenvalue weighted by atomic mass is 9.72. The molecule has 1 aromatic carbocycles. The molecule has 1 fully saturated rings. The number of ether oxygens (including phenoxy) is 1. The number of methoxy groups -OCH3 is 1. The van der Waals surface area contributed by atoms with Gasteiger partial charge in [-0.15, -0.1) is 0 Å². The van der Waals surface area contributed by atoms with Gasteiger partial charge in [-0.1, -0.05) is 32.8 Å². The molecule has 0 radical (unpaired) electrons. The fourth-order valence-corrected chi connectivity index (χ4v) is 4.14. The lowest BCUT2D eigenvalue weighted by Crippen LogP contribution is -2.46. The van der Waals surface area contributed by atoms with Crippen LogP contribution in [0.4, 0.5) is 0 Å². The van der Waals surface area contributed by atoms with Gasteiger partial charge in [0.2, 0.25) is 0 Å². The highest BCUT2D eigenvalue weighted by atomic mass is 16.5. The van der Waals surface area contributed by atoms with Crippen LogP contribution in [0.25, 0.3) is 0 Å². The Bertz CT molecular complexity index is 494. The molecule has 2 nitrogen and oxygen atoms in total. The molecule has 0 amide bonds. The number of nitrogens with one attached hydrogen (secondary N) is 1. The minimum absolute atomic E-state index is 0.433. The number of hydrogen-bond acceptors (Lipinski definition) is 2. The van der Waals surface area contributed by atoms with Gasteiger partial charge in [-0.05, 0) is 60.8 Å². The Morgan fingerprint density at radius 3 is 2.76 bits per heavy atom. The third kappa shape index (κ3) is 3.11. The van der Waals surface area contributed by atoms with Crippen molar-refractivity contribution < 1.29 is 4.74 Å². The molecule has 0 bridgehead atoms. The van der Waals surface area contributed by atoms with Crippen LogP contribution in [0.15, 0.2) is 18.2 Å². The molecular formula is C19H29NO. The van der Waals surface area contributed by atoms with Crippen molar-refractivity contribution in [3.05, 3.63) is 29.3 Å². The summed E-state index contributed by atoms with van der Waals surface area (Å²) in [5.41, 5.74) is 3.41. The number of rotatable bonds is 3. The van der Waals surface area contributed by atoms with Crippen LogP contribution in [0.1, 0.15) is 69.5 Å². The predicted octanol–water partition coefficient (Wildman–Crippen LogP) is 4.63. The van der Waals surface area contributed by atoms with Crippen molar-refractivity contribution in [2.45, 2.75) is 70.9 Å². The van der Waals surface area contributed by atoms with Crippen molar-refractivity contribution in [3.8, 4) is 5.75 Å². The van der Waals surface area contributed by atoms with Crippen molar-refractivity contribution in [1.82, 2.24) is 5.32 Å². The van der Waals surface area contributed by atoms with E-state index in [1.807, 2.05) is 0 Å². The number of hydrogen-bond donors (Lipinski definition) is 1. The summed E-state index contributed by atoms with van der Waals surface area (Å²) >= 11 is 0. The Hall–Kier alpha value is -1.02. The largest absolute Gasteiger partial charge is 0.497 e. The highest BCUT2D eigenvalue weighted by molar-refractivity contribution is 5.39. The highest BCUT2D eigenvalue weighted by Crippen LogP contribution is 2.39. The van der Waals surface area contributed by atoms with E-state index in [-0.39, 0.29) is 0 Å². The van der Waals surface area contributed by atoms with Gasteiger partial charge in [0.05, 0.1) is 7.11 Å². The summed E-state index contributed by atoms with van der Waals surface area (Å²) in [4.78, 5) is 0. The second kappa shape index (κ2) is 6.00. The molecule has 0 aromatic heterocycles. The van der Waals surface area contributed by atoms with Crippen molar-refractivity contribution >= 4 is 0 Å². The van der Waals surface area contributed by atoms with E-state index in [1.165, 1.54) is 56.1 Å². The molecule has 2 atom stereocenters. The minimum atomic E-state index is 0.433. The van der Waals surface area contributed by atoms with Crippen LogP contribution in [0.3, 0.4) is 0 Å². The molecule has 3 rings (SSSR count). The Balaban J connectivity index is 1.78. The molecule has 0 spiro atoms. The lowest BCUT2D eigenvalue weighted by molar-refractivity contribution is 0.151. The third-order valence-electron chi connectivity index (χ3n) is 5.57. The first-order valence-electron chi connectivity index (χ1n) is 8.53. The van der Waals surface area contributed by atoms with Crippen molar-refractivity contribution in [2.24, 2.45) is 5.41 Å². The Morgan fingerprint density at radius 2 is 2.00 bits per heavy atom. The number of fused-ring (bicyclic) bond motifs is 1. The van der Waals surface area contributed by atoms with Gasteiger partial charge in [0.25, 0.3) is 0 Å². The SMILES string of the molecule is COc1ccc2c(c1)CCCC2NC1CCCCC1(C)C. The maximum atomic E-state index is 5.38. The average Bonchev–Trinajstić information content (AvgIpc) is 2.49. The number of benzene rings is 1. The Kier molecular flexibility index (Phi) is 4.26. The predicted molar refractivity (Wildman–Crippen MR) is 87.8 cm³/mol. The fraction of sp³-hybridized carbons (Fsp3) is 0.684. The van der Waals surface area contributed by atoms with E-state index < -0.39 is 0 Å². The van der Waals surface area contributed by atoms with Crippen LogP contribution in [0.5, 0.6) is 5.75 Å². The topological polar surface area (TPSA) is 21.3 Å². The van der Waals surface area contributed by atoms with E-state index in [9.17, 15) is 0 Å². The summed E-state index contributed by atoms with van der Waals surface area (Å²) in [5.74, 6) is 0.993. The summed E-state index contributed by atoms with van der Waals surface area (Å²) in [5, 5.41) is 4.00. The van der Waals surface area contributed by atoms with Gasteiger partial charge < -0.3 is 10.1 Å². The highest BCUT2D eigenvalue weighted by Gasteiger charge is 2.34. The quantitative estimate of drug-likeness (QED) is 0.875. The summed E-state index contributed by atoms with van der Waals surface area (Å²) < 4.78 is 5.38. The van der Waals surface area contributed by atoms with Gasteiger partial charge in [-0.25, -0.2) is 0 Å². The van der Waals surface area contributed by atoms with Crippen LogP contribution in [-0.4, -0.2) is 13.2 Å². The second-order valence-corrected chi connectivity index (χ2v) is 7.46. The first-order valence-corrected chi connectivity index (χ1v) is 8.53. The van der Waals surface area contributed by atoms with E-state index in [0.717, 1.165) is 5.75 Å². The zero-order valence-corrected chi connectivity index (χ0v) is 13.7. The standard InChI is InChI=1S/C19H29NO/c1-19(2)12-5-4-9-18(19)20-17-8-6-7-14-13-15(21-3)10-11-16(14)17/h10-11,13,17-18,20H,4-9,12H2,1-3H3. The summed E-state index contributed by atoms with van der Waals surface area (Å²) in [6, 6.07) is 7.81. The molecule has 2 heteroatoms. The minimum Gasteiger partial charge on any atom is -0.497 e. The molecule has 1 saturated carbocycles. The van der Waals surface area contributed by atoms with E-state index in [4.69, 9.17) is 4.74 Å². The van der Waals surface area contributed by atoms with E-state index >= 15 is 0 Å². The smallest absolute Gasteiger partial charge is 0.119 e. The Labute approximate surface area is 129 Å². The van der Waals surface area contributed by atoms with Gasteiger partial charge in [-0.3, -0.25) is 0 Å². The number of aryl methyl sites for hydroxylation is 1. The lowest BCUT2D eigenvalue weighted by Gasteiger charge is -2.42. The molecule has 116 valence electrons. The molecule has 0 saturated heterocycles. The van der Waals surface area contributed by atoms with Crippen molar-refractivity contribution in [2.75, 3.05) is 7.11 Å². The first kappa shape index (κ1) is 14.9. The average molecular weight is 287 g/mol. The van der Waals surface area contributed by atoms with Gasteiger partial charge in [0.15, 0.2) is 0 Å². The summed E-state index contributed by atoms with van der Waals surface area (Å²) in [6.07, 6.45) is 9.20. The van der Waals surface area contributed by atoms with Crippen LogP contribution in [0.2, 0.25) is 0 Å². The summed E-state index contributed by atoms with van der Waals surface area (Å²) in [6.45, 7) is 4.86. The van der Waals surface area contributed by atoms with Gasteiger partial charge in [0.1, 0.15) is 5.75 Å². The van der Waals surface area contributed by atoms with Crippen LogP contribution in [-0.2, 0) is 6.42 Å². The van der Waals surface area contributed by atoms with Crippen molar-refractivity contribution in [3.63, 3.8) is 0 Å². The molecule has 21 heavy (non-hydrogen) atoms. The van der Waals surface area contributed by atoms with E-state index in [2.05, 4.69) is 37.4 Å². The molecule has 0 aliphatic heterocycles. The maximum Gasteiger partial charge on any atom is 0.119 e. The van der Waals surface area contributed by atoms with Crippen LogP contribution >= 0.6 is 0 Å².